The summed E-state index contributed by atoms with van der Waals surface area (Å²) >= 11 is 0. The van der Waals surface area contributed by atoms with Crippen LogP contribution < -0.4 is 15.0 Å². The first-order valence-electron chi connectivity index (χ1n) is 10.3. The molecule has 4 amide bonds. The molecule has 8 nitrogen and oxygen atoms in total. The van der Waals surface area contributed by atoms with Crippen molar-refractivity contribution >= 4 is 35.0 Å². The van der Waals surface area contributed by atoms with Crippen molar-refractivity contribution in [3.8, 4) is 5.75 Å². The maximum absolute atomic E-state index is 13.2. The van der Waals surface area contributed by atoms with E-state index in [1.807, 2.05) is 26.8 Å². The zero-order chi connectivity index (χ0) is 23.5. The largest absolute Gasteiger partial charge is 0.484 e. The van der Waals surface area contributed by atoms with E-state index in [1.165, 1.54) is 11.8 Å². The number of imide groups is 1. The molecular formula is C24H27N3O5. The third-order valence-electron chi connectivity index (χ3n) is 4.98. The van der Waals surface area contributed by atoms with Gasteiger partial charge in [0.2, 0.25) is 11.8 Å². The molecule has 0 radical (unpaired) electrons. The van der Waals surface area contributed by atoms with Gasteiger partial charge in [0.25, 0.3) is 11.8 Å². The monoisotopic (exact) mass is 437 g/mol. The molecule has 32 heavy (non-hydrogen) atoms. The van der Waals surface area contributed by atoms with Crippen molar-refractivity contribution in [2.24, 2.45) is 0 Å². The first-order chi connectivity index (χ1) is 15.1. The fourth-order valence-corrected chi connectivity index (χ4v) is 3.73. The number of para-hydroxylation sites is 1. The first kappa shape index (κ1) is 23.0. The summed E-state index contributed by atoms with van der Waals surface area (Å²) in [5, 5.41) is 2.64. The van der Waals surface area contributed by atoms with Gasteiger partial charge in [0.15, 0.2) is 6.61 Å². The Morgan fingerprint density at radius 1 is 1.06 bits per heavy atom. The Balaban J connectivity index is 1.79. The fourth-order valence-electron chi connectivity index (χ4n) is 3.73. The topological polar surface area (TPSA) is 96.0 Å². The van der Waals surface area contributed by atoms with Crippen molar-refractivity contribution in [2.75, 3.05) is 16.8 Å². The van der Waals surface area contributed by atoms with Crippen molar-refractivity contribution < 1.29 is 23.9 Å². The molecule has 1 saturated heterocycles. The van der Waals surface area contributed by atoms with E-state index in [-0.39, 0.29) is 24.8 Å². The molecule has 168 valence electrons. The lowest BCUT2D eigenvalue weighted by Crippen LogP contribution is -2.55. The van der Waals surface area contributed by atoms with Gasteiger partial charge in [-0.15, -0.1) is 0 Å². The van der Waals surface area contributed by atoms with Crippen molar-refractivity contribution in [3.05, 3.63) is 54.6 Å². The van der Waals surface area contributed by atoms with Gasteiger partial charge in [-0.1, -0.05) is 18.2 Å². The highest BCUT2D eigenvalue weighted by atomic mass is 16.5. The molecule has 3 rings (SSSR count). The Morgan fingerprint density at radius 3 is 2.25 bits per heavy atom. The van der Waals surface area contributed by atoms with Crippen LogP contribution in [0.5, 0.6) is 5.75 Å². The number of hydrogen-bond acceptors (Lipinski definition) is 5. The summed E-state index contributed by atoms with van der Waals surface area (Å²) in [6.45, 7) is 6.60. The number of nitrogens with zero attached hydrogens (tertiary/aromatic N) is 2. The van der Waals surface area contributed by atoms with Gasteiger partial charge in [0.1, 0.15) is 11.8 Å². The third-order valence-corrected chi connectivity index (χ3v) is 4.98. The first-order valence-corrected chi connectivity index (χ1v) is 10.3. The number of carbonyl (C=O) groups excluding carboxylic acids is 4. The van der Waals surface area contributed by atoms with Gasteiger partial charge in [-0.3, -0.25) is 19.2 Å². The molecule has 1 heterocycles. The third kappa shape index (κ3) is 5.14. The summed E-state index contributed by atoms with van der Waals surface area (Å²) in [6.07, 6.45) is -0.110. The number of anilines is 2. The van der Waals surface area contributed by atoms with Crippen LogP contribution in [-0.2, 0) is 19.2 Å². The van der Waals surface area contributed by atoms with Crippen LogP contribution in [0.15, 0.2) is 54.6 Å². The van der Waals surface area contributed by atoms with Gasteiger partial charge in [0.05, 0.1) is 12.1 Å². The summed E-state index contributed by atoms with van der Waals surface area (Å²) in [5.41, 5.74) is 0.239. The zero-order valence-corrected chi connectivity index (χ0v) is 18.6. The minimum absolute atomic E-state index is 0.110. The molecule has 0 bridgehead atoms. The van der Waals surface area contributed by atoms with Crippen molar-refractivity contribution in [2.45, 2.75) is 45.7 Å². The number of carbonyl (C=O) groups is 4. The van der Waals surface area contributed by atoms with E-state index in [0.717, 1.165) is 4.90 Å². The van der Waals surface area contributed by atoms with E-state index in [2.05, 4.69) is 5.32 Å². The van der Waals surface area contributed by atoms with Crippen LogP contribution >= 0.6 is 0 Å². The summed E-state index contributed by atoms with van der Waals surface area (Å²) < 4.78 is 5.59. The van der Waals surface area contributed by atoms with Gasteiger partial charge in [0, 0.05) is 18.2 Å². The van der Waals surface area contributed by atoms with E-state index in [4.69, 9.17) is 4.74 Å². The van der Waals surface area contributed by atoms with Crippen LogP contribution in [0.2, 0.25) is 0 Å². The Hall–Kier alpha value is -3.68. The lowest BCUT2D eigenvalue weighted by atomic mass is 10.0. The van der Waals surface area contributed by atoms with E-state index in [9.17, 15) is 19.2 Å². The molecule has 1 aliphatic heterocycles. The molecule has 1 N–H and O–H groups in total. The SMILES string of the molecule is CC(=O)Nc1ccc(N2C(=O)CC(N(C(=O)COc3ccccc3)C(C)(C)C)C2=O)cc1. The molecule has 0 aromatic heterocycles. The molecule has 2 aromatic carbocycles. The van der Waals surface area contributed by atoms with Crippen LogP contribution in [-0.4, -0.2) is 46.7 Å². The molecule has 0 aliphatic carbocycles. The minimum atomic E-state index is -0.926. The maximum Gasteiger partial charge on any atom is 0.261 e. The van der Waals surface area contributed by atoms with E-state index in [0.29, 0.717) is 17.1 Å². The molecule has 1 fully saturated rings. The van der Waals surface area contributed by atoms with Crippen LogP contribution in [0.25, 0.3) is 0 Å². The smallest absolute Gasteiger partial charge is 0.261 e. The summed E-state index contributed by atoms with van der Waals surface area (Å²) in [5.74, 6) is -0.911. The number of ether oxygens (including phenoxy) is 1. The second kappa shape index (κ2) is 9.21. The van der Waals surface area contributed by atoms with Crippen LogP contribution in [0, 0.1) is 0 Å². The van der Waals surface area contributed by atoms with Crippen molar-refractivity contribution in [1.82, 2.24) is 4.90 Å². The standard InChI is InChI=1S/C24H27N3O5/c1-16(28)25-17-10-12-18(13-11-17)26-21(29)14-20(23(26)31)27(24(2,3)4)22(30)15-32-19-8-6-5-7-9-19/h5-13,20H,14-15H2,1-4H3,(H,25,28). The van der Waals surface area contributed by atoms with Gasteiger partial charge in [-0.25, -0.2) is 4.90 Å². The molecule has 0 spiro atoms. The van der Waals surface area contributed by atoms with Crippen LogP contribution in [0.3, 0.4) is 0 Å². The number of rotatable bonds is 6. The van der Waals surface area contributed by atoms with E-state index in [1.54, 1.807) is 48.5 Å². The van der Waals surface area contributed by atoms with Gasteiger partial charge >= 0.3 is 0 Å². The molecule has 0 saturated carbocycles. The molecule has 2 aromatic rings. The Bertz CT molecular complexity index is 1010. The Kier molecular flexibility index (Phi) is 6.62. The highest BCUT2D eigenvalue weighted by molar-refractivity contribution is 6.23. The predicted octanol–water partition coefficient (Wildman–Crippen LogP) is 2.98. The Morgan fingerprint density at radius 2 is 1.69 bits per heavy atom. The lowest BCUT2D eigenvalue weighted by molar-refractivity contribution is -0.145. The number of nitrogens with one attached hydrogen (secondary N) is 1. The lowest BCUT2D eigenvalue weighted by Gasteiger charge is -2.39. The predicted molar refractivity (Wildman–Crippen MR) is 120 cm³/mol. The number of amides is 4. The molecule has 8 heteroatoms. The average molecular weight is 437 g/mol. The van der Waals surface area contributed by atoms with Crippen LogP contribution in [0.1, 0.15) is 34.1 Å². The van der Waals surface area contributed by atoms with Gasteiger partial charge in [-0.05, 0) is 57.2 Å². The molecule has 1 aliphatic rings. The summed E-state index contributed by atoms with van der Waals surface area (Å²) in [7, 11) is 0. The molecular weight excluding hydrogens is 410 g/mol. The van der Waals surface area contributed by atoms with Crippen molar-refractivity contribution in [1.29, 1.82) is 0 Å². The second-order valence-electron chi connectivity index (χ2n) is 8.55. The molecule has 1 unspecified atom stereocenters. The normalized spacial score (nSPS) is 16.1. The minimum Gasteiger partial charge on any atom is -0.484 e. The summed E-state index contributed by atoms with van der Waals surface area (Å²) in [4.78, 5) is 52.8. The van der Waals surface area contributed by atoms with Crippen molar-refractivity contribution in [3.63, 3.8) is 0 Å². The zero-order valence-electron chi connectivity index (χ0n) is 18.6. The van der Waals surface area contributed by atoms with Crippen LogP contribution in [0.4, 0.5) is 11.4 Å². The van der Waals surface area contributed by atoms with Gasteiger partial charge in [-0.2, -0.15) is 0 Å². The fraction of sp³-hybridized carbons (Fsp3) is 0.333. The maximum atomic E-state index is 13.2. The quantitative estimate of drug-likeness (QED) is 0.701. The summed E-state index contributed by atoms with van der Waals surface area (Å²) in [6, 6.07) is 14.4. The second-order valence-corrected chi connectivity index (χ2v) is 8.55. The van der Waals surface area contributed by atoms with Gasteiger partial charge < -0.3 is 15.0 Å². The number of benzene rings is 2. The number of hydrogen-bond donors (Lipinski definition) is 1. The highest BCUT2D eigenvalue weighted by Crippen LogP contribution is 2.30. The Labute approximate surface area is 187 Å². The van der Waals surface area contributed by atoms with E-state index < -0.39 is 23.4 Å². The molecule has 1 atom stereocenters. The highest BCUT2D eigenvalue weighted by Gasteiger charge is 2.47. The average Bonchev–Trinajstić information content (AvgIpc) is 3.00. The van der Waals surface area contributed by atoms with E-state index >= 15 is 0 Å².